The van der Waals surface area contributed by atoms with Crippen LogP contribution in [0.2, 0.25) is 0 Å². The molecule has 2 rings (SSSR count). The highest BCUT2D eigenvalue weighted by Gasteiger charge is 2.15. The van der Waals surface area contributed by atoms with E-state index in [1.165, 1.54) is 11.1 Å². The van der Waals surface area contributed by atoms with Gasteiger partial charge in [-0.25, -0.2) is 0 Å². The van der Waals surface area contributed by atoms with Crippen LogP contribution in [-0.2, 0) is 0 Å². The zero-order valence-electron chi connectivity index (χ0n) is 10.4. The van der Waals surface area contributed by atoms with Crippen molar-refractivity contribution in [3.8, 4) is 17.0 Å². The molecule has 17 heavy (non-hydrogen) atoms. The van der Waals surface area contributed by atoms with Gasteiger partial charge < -0.3 is 4.74 Å². The molecule has 1 heterocycles. The first kappa shape index (κ1) is 12.2. The third kappa shape index (κ3) is 2.09. The van der Waals surface area contributed by atoms with E-state index in [1.807, 2.05) is 13.0 Å². The standard InChI is InChI=1S/C13H15BrN2O/c1-7-5-10(11(17-4)6-8(7)2)13-12(14)9(3)15-16-13/h5-6H,1-4H3,(H,15,16). The lowest BCUT2D eigenvalue weighted by Crippen LogP contribution is -1.92. The van der Waals surface area contributed by atoms with Crippen LogP contribution < -0.4 is 4.74 Å². The van der Waals surface area contributed by atoms with Crippen molar-refractivity contribution in [2.24, 2.45) is 0 Å². The third-order valence-electron chi connectivity index (χ3n) is 2.94. The molecule has 1 aromatic heterocycles. The van der Waals surface area contributed by atoms with Crippen LogP contribution in [0.1, 0.15) is 16.8 Å². The number of H-pyrrole nitrogens is 1. The molecule has 0 aliphatic heterocycles. The van der Waals surface area contributed by atoms with Gasteiger partial charge in [-0.15, -0.1) is 0 Å². The summed E-state index contributed by atoms with van der Waals surface area (Å²) in [7, 11) is 1.68. The molecular weight excluding hydrogens is 280 g/mol. The SMILES string of the molecule is COc1cc(C)c(C)cc1-c1n[nH]c(C)c1Br. The maximum Gasteiger partial charge on any atom is 0.128 e. The minimum absolute atomic E-state index is 0.848. The maximum absolute atomic E-state index is 5.43. The average Bonchev–Trinajstić information content (AvgIpc) is 2.63. The monoisotopic (exact) mass is 294 g/mol. The van der Waals surface area contributed by atoms with Crippen LogP contribution in [0, 0.1) is 20.8 Å². The summed E-state index contributed by atoms with van der Waals surface area (Å²) in [6, 6.07) is 4.15. The quantitative estimate of drug-likeness (QED) is 0.915. The van der Waals surface area contributed by atoms with Crippen LogP contribution in [0.25, 0.3) is 11.3 Å². The van der Waals surface area contributed by atoms with E-state index < -0.39 is 0 Å². The molecule has 0 radical (unpaired) electrons. The molecular formula is C13H15BrN2O. The van der Waals surface area contributed by atoms with Crippen molar-refractivity contribution in [1.82, 2.24) is 10.2 Å². The van der Waals surface area contributed by atoms with Crippen LogP contribution in [-0.4, -0.2) is 17.3 Å². The van der Waals surface area contributed by atoms with Gasteiger partial charge in [-0.05, 0) is 60.0 Å². The number of benzene rings is 1. The van der Waals surface area contributed by atoms with E-state index in [9.17, 15) is 0 Å². The second kappa shape index (κ2) is 4.53. The highest BCUT2D eigenvalue weighted by atomic mass is 79.9. The number of methoxy groups -OCH3 is 1. The molecule has 0 bridgehead atoms. The maximum atomic E-state index is 5.43. The average molecular weight is 295 g/mol. The number of aromatic amines is 1. The Labute approximate surface area is 109 Å². The second-order valence-electron chi connectivity index (χ2n) is 4.15. The molecule has 0 spiro atoms. The molecule has 1 aromatic carbocycles. The van der Waals surface area contributed by atoms with Crippen molar-refractivity contribution in [3.05, 3.63) is 33.4 Å². The van der Waals surface area contributed by atoms with E-state index in [-0.39, 0.29) is 0 Å². The number of ether oxygens (including phenoxy) is 1. The van der Waals surface area contributed by atoms with Gasteiger partial charge in [0.2, 0.25) is 0 Å². The molecule has 3 nitrogen and oxygen atoms in total. The van der Waals surface area contributed by atoms with Gasteiger partial charge in [0.15, 0.2) is 0 Å². The van der Waals surface area contributed by atoms with Gasteiger partial charge >= 0.3 is 0 Å². The Morgan fingerprint density at radius 2 is 1.82 bits per heavy atom. The summed E-state index contributed by atoms with van der Waals surface area (Å²) in [6.07, 6.45) is 0. The molecule has 0 saturated heterocycles. The van der Waals surface area contributed by atoms with Crippen molar-refractivity contribution in [1.29, 1.82) is 0 Å². The molecule has 4 heteroatoms. The summed E-state index contributed by atoms with van der Waals surface area (Å²) in [4.78, 5) is 0. The number of nitrogens with zero attached hydrogens (tertiary/aromatic N) is 1. The fourth-order valence-electron chi connectivity index (χ4n) is 1.74. The Morgan fingerprint density at radius 1 is 1.18 bits per heavy atom. The Kier molecular flexibility index (Phi) is 3.24. The first-order valence-corrected chi connectivity index (χ1v) is 6.20. The number of hydrogen-bond donors (Lipinski definition) is 1. The second-order valence-corrected chi connectivity index (χ2v) is 4.94. The normalized spacial score (nSPS) is 10.6. The predicted molar refractivity (Wildman–Crippen MR) is 72.5 cm³/mol. The number of aromatic nitrogens is 2. The van der Waals surface area contributed by atoms with Gasteiger partial charge in [0.1, 0.15) is 11.4 Å². The van der Waals surface area contributed by atoms with Crippen molar-refractivity contribution in [3.63, 3.8) is 0 Å². The van der Waals surface area contributed by atoms with Gasteiger partial charge in [0.05, 0.1) is 11.6 Å². The van der Waals surface area contributed by atoms with Gasteiger partial charge in [0, 0.05) is 11.3 Å². The first-order valence-electron chi connectivity index (χ1n) is 5.40. The van der Waals surface area contributed by atoms with Gasteiger partial charge in [-0.1, -0.05) is 0 Å². The molecule has 90 valence electrons. The highest BCUT2D eigenvalue weighted by Crippen LogP contribution is 2.36. The van der Waals surface area contributed by atoms with Gasteiger partial charge in [-0.2, -0.15) is 5.10 Å². The highest BCUT2D eigenvalue weighted by molar-refractivity contribution is 9.10. The zero-order valence-corrected chi connectivity index (χ0v) is 12.0. The number of hydrogen-bond acceptors (Lipinski definition) is 2. The van der Waals surface area contributed by atoms with Crippen molar-refractivity contribution in [2.75, 3.05) is 7.11 Å². The lowest BCUT2D eigenvalue weighted by atomic mass is 10.0. The van der Waals surface area contributed by atoms with Gasteiger partial charge in [-0.3, -0.25) is 5.10 Å². The van der Waals surface area contributed by atoms with Crippen LogP contribution in [0.5, 0.6) is 5.75 Å². The van der Waals surface area contributed by atoms with E-state index in [4.69, 9.17) is 4.74 Å². The van der Waals surface area contributed by atoms with E-state index in [2.05, 4.69) is 46.0 Å². The van der Waals surface area contributed by atoms with Gasteiger partial charge in [0.25, 0.3) is 0 Å². The van der Waals surface area contributed by atoms with Crippen LogP contribution in [0.4, 0.5) is 0 Å². The Morgan fingerprint density at radius 3 is 2.35 bits per heavy atom. The van der Waals surface area contributed by atoms with E-state index >= 15 is 0 Å². The van der Waals surface area contributed by atoms with E-state index in [0.717, 1.165) is 27.2 Å². The minimum atomic E-state index is 0.848. The predicted octanol–water partition coefficient (Wildman–Crippen LogP) is 3.77. The largest absolute Gasteiger partial charge is 0.496 e. The molecule has 0 unspecified atom stereocenters. The summed E-state index contributed by atoms with van der Waals surface area (Å²) in [5.74, 6) is 0.848. The third-order valence-corrected chi connectivity index (χ3v) is 3.91. The molecule has 0 saturated carbocycles. The molecule has 2 aromatic rings. The number of nitrogens with one attached hydrogen (secondary N) is 1. The van der Waals surface area contributed by atoms with E-state index in [0.29, 0.717) is 0 Å². The molecule has 1 N–H and O–H groups in total. The number of rotatable bonds is 2. The number of aryl methyl sites for hydroxylation is 3. The summed E-state index contributed by atoms with van der Waals surface area (Å²) < 4.78 is 6.41. The fourth-order valence-corrected chi connectivity index (χ4v) is 2.13. The Hall–Kier alpha value is -1.29. The van der Waals surface area contributed by atoms with Crippen LogP contribution in [0.3, 0.4) is 0 Å². The zero-order chi connectivity index (χ0) is 12.6. The van der Waals surface area contributed by atoms with Crippen molar-refractivity contribution >= 4 is 15.9 Å². The van der Waals surface area contributed by atoms with Crippen molar-refractivity contribution in [2.45, 2.75) is 20.8 Å². The lowest BCUT2D eigenvalue weighted by Gasteiger charge is -2.10. The summed E-state index contributed by atoms with van der Waals surface area (Å²) >= 11 is 3.54. The lowest BCUT2D eigenvalue weighted by molar-refractivity contribution is 0.416. The number of halogens is 1. The summed E-state index contributed by atoms with van der Waals surface area (Å²) in [5.41, 5.74) is 5.36. The first-order chi connectivity index (χ1) is 8.04. The summed E-state index contributed by atoms with van der Waals surface area (Å²) in [6.45, 7) is 6.15. The molecule has 0 fully saturated rings. The Balaban J connectivity index is 2.66. The van der Waals surface area contributed by atoms with Crippen LogP contribution in [0.15, 0.2) is 16.6 Å². The fraction of sp³-hybridized carbons (Fsp3) is 0.308. The topological polar surface area (TPSA) is 37.9 Å². The molecule has 0 aliphatic rings. The molecule has 0 aliphatic carbocycles. The minimum Gasteiger partial charge on any atom is -0.496 e. The summed E-state index contributed by atoms with van der Waals surface area (Å²) in [5, 5.41) is 7.28. The molecule has 0 atom stereocenters. The Bertz CT molecular complexity index is 561. The van der Waals surface area contributed by atoms with Crippen molar-refractivity contribution < 1.29 is 4.74 Å². The van der Waals surface area contributed by atoms with E-state index in [1.54, 1.807) is 7.11 Å². The smallest absolute Gasteiger partial charge is 0.128 e. The van der Waals surface area contributed by atoms with Crippen LogP contribution >= 0.6 is 15.9 Å². The molecule has 0 amide bonds.